The molecule has 0 fully saturated rings. The van der Waals surface area contributed by atoms with Crippen LogP contribution in [-0.2, 0) is 28.6 Å². The van der Waals surface area contributed by atoms with E-state index in [1.165, 1.54) is 225 Å². The molecule has 0 saturated heterocycles. The largest absolute Gasteiger partial charge is 0.462 e. The third-order valence-electron chi connectivity index (χ3n) is 13.5. The Bertz CT molecular complexity index is 1030. The number of ether oxygens (including phenoxy) is 3. The minimum atomic E-state index is -0.768. The average molecular weight is 944 g/mol. The van der Waals surface area contributed by atoms with Crippen molar-refractivity contribution in [2.45, 2.75) is 335 Å². The van der Waals surface area contributed by atoms with Crippen LogP contribution in [0, 0.1) is 0 Å². The van der Waals surface area contributed by atoms with Crippen molar-refractivity contribution in [3.8, 4) is 0 Å². The number of carbonyl (C=O) groups is 3. The van der Waals surface area contributed by atoms with Gasteiger partial charge in [-0.15, -0.1) is 0 Å². The second-order valence-corrected chi connectivity index (χ2v) is 20.3. The van der Waals surface area contributed by atoms with E-state index in [2.05, 4.69) is 45.1 Å². The summed E-state index contributed by atoms with van der Waals surface area (Å²) in [6.07, 6.45) is 65.9. The van der Waals surface area contributed by atoms with Gasteiger partial charge in [0, 0.05) is 19.3 Å². The lowest BCUT2D eigenvalue weighted by Gasteiger charge is -2.18. The maximum atomic E-state index is 12.9. The molecule has 6 heteroatoms. The molecule has 0 heterocycles. The molecule has 0 aromatic carbocycles. The zero-order chi connectivity index (χ0) is 48.6. The molecule has 0 rings (SSSR count). The number of esters is 3. The van der Waals surface area contributed by atoms with Gasteiger partial charge in [-0.2, -0.15) is 0 Å². The summed E-state index contributed by atoms with van der Waals surface area (Å²) >= 11 is 0. The molecule has 6 nitrogen and oxygen atoms in total. The van der Waals surface area contributed by atoms with Crippen LogP contribution in [0.2, 0.25) is 0 Å². The van der Waals surface area contributed by atoms with Gasteiger partial charge in [-0.1, -0.05) is 283 Å². The summed E-state index contributed by atoms with van der Waals surface area (Å²) < 4.78 is 16.9. The van der Waals surface area contributed by atoms with E-state index in [4.69, 9.17) is 14.2 Å². The van der Waals surface area contributed by atoms with E-state index in [0.717, 1.165) is 64.2 Å². The molecule has 394 valence electrons. The molecule has 67 heavy (non-hydrogen) atoms. The second kappa shape index (κ2) is 56.5. The Hall–Kier alpha value is -2.11. The van der Waals surface area contributed by atoms with Crippen molar-refractivity contribution in [1.82, 2.24) is 0 Å². The zero-order valence-electron chi connectivity index (χ0n) is 45.2. The maximum absolute atomic E-state index is 12.9. The van der Waals surface area contributed by atoms with Crippen molar-refractivity contribution < 1.29 is 28.6 Å². The third-order valence-corrected chi connectivity index (χ3v) is 13.5. The fourth-order valence-corrected chi connectivity index (χ4v) is 8.95. The van der Waals surface area contributed by atoms with Crippen LogP contribution < -0.4 is 0 Å². The fraction of sp³-hybridized carbons (Fsp3) is 0.885. The topological polar surface area (TPSA) is 78.9 Å². The monoisotopic (exact) mass is 943 g/mol. The fourth-order valence-electron chi connectivity index (χ4n) is 8.95. The summed E-state index contributed by atoms with van der Waals surface area (Å²) in [4.78, 5) is 38.2. The van der Waals surface area contributed by atoms with Gasteiger partial charge in [0.25, 0.3) is 0 Å². The van der Waals surface area contributed by atoms with Gasteiger partial charge in [0.15, 0.2) is 6.10 Å². The van der Waals surface area contributed by atoms with Crippen molar-refractivity contribution >= 4 is 17.9 Å². The smallest absolute Gasteiger partial charge is 0.306 e. The summed E-state index contributed by atoms with van der Waals surface area (Å²) in [7, 11) is 0. The Morgan fingerprint density at radius 2 is 0.537 bits per heavy atom. The lowest BCUT2D eigenvalue weighted by atomic mass is 10.0. The van der Waals surface area contributed by atoms with Crippen molar-refractivity contribution in [2.75, 3.05) is 13.2 Å². The first kappa shape index (κ1) is 64.9. The lowest BCUT2D eigenvalue weighted by Crippen LogP contribution is -2.30. The summed E-state index contributed by atoms with van der Waals surface area (Å²) in [5.41, 5.74) is 0. The standard InChI is InChI=1S/C61H114O6/c1-4-7-10-13-16-19-22-25-28-29-30-31-34-37-40-43-46-49-52-55-61(64)67-58(56-65-59(62)53-50-47-44-41-38-35-32-26-23-20-17-14-11-8-5-2)57-66-60(63)54-51-48-45-42-39-36-33-27-24-21-18-15-12-9-6-3/h16,19,25,28,58H,4-15,17-18,20-24,26-27,29-57H2,1-3H3/b19-16-,28-25-. The number of hydrogen-bond donors (Lipinski definition) is 0. The lowest BCUT2D eigenvalue weighted by molar-refractivity contribution is -0.167. The molecule has 0 aliphatic carbocycles. The Morgan fingerprint density at radius 1 is 0.299 bits per heavy atom. The first-order valence-electron chi connectivity index (χ1n) is 29.8. The van der Waals surface area contributed by atoms with Gasteiger partial charge < -0.3 is 14.2 Å². The Morgan fingerprint density at radius 3 is 0.851 bits per heavy atom. The van der Waals surface area contributed by atoms with E-state index in [9.17, 15) is 14.4 Å². The summed E-state index contributed by atoms with van der Waals surface area (Å²) in [5, 5.41) is 0. The minimum absolute atomic E-state index is 0.0671. The van der Waals surface area contributed by atoms with Crippen LogP contribution in [-0.4, -0.2) is 37.2 Å². The number of carbonyl (C=O) groups excluding carboxylic acids is 3. The van der Waals surface area contributed by atoms with Crippen LogP contribution >= 0.6 is 0 Å². The maximum Gasteiger partial charge on any atom is 0.306 e. The molecule has 0 radical (unpaired) electrons. The quantitative estimate of drug-likeness (QED) is 0.0262. The van der Waals surface area contributed by atoms with E-state index in [-0.39, 0.29) is 31.1 Å². The van der Waals surface area contributed by atoms with Gasteiger partial charge >= 0.3 is 17.9 Å². The minimum Gasteiger partial charge on any atom is -0.462 e. The highest BCUT2D eigenvalue weighted by molar-refractivity contribution is 5.71. The number of allylic oxidation sites excluding steroid dienone is 4. The van der Waals surface area contributed by atoms with Crippen LogP contribution in [0.25, 0.3) is 0 Å². The summed E-state index contributed by atoms with van der Waals surface area (Å²) in [6.45, 7) is 6.67. The highest BCUT2D eigenvalue weighted by Gasteiger charge is 2.19. The van der Waals surface area contributed by atoms with Crippen molar-refractivity contribution in [3.05, 3.63) is 24.3 Å². The van der Waals surface area contributed by atoms with Gasteiger partial charge in [0.2, 0.25) is 0 Å². The molecule has 0 amide bonds. The zero-order valence-corrected chi connectivity index (χ0v) is 45.2. The van der Waals surface area contributed by atoms with Crippen LogP contribution in [0.1, 0.15) is 329 Å². The molecule has 0 aliphatic heterocycles. The molecule has 0 unspecified atom stereocenters. The van der Waals surface area contributed by atoms with Crippen LogP contribution in [0.4, 0.5) is 0 Å². The Kier molecular flexibility index (Phi) is 54.7. The summed E-state index contributed by atoms with van der Waals surface area (Å²) in [6, 6.07) is 0. The Labute approximate surface area is 417 Å². The highest BCUT2D eigenvalue weighted by atomic mass is 16.6. The number of rotatable bonds is 55. The molecular weight excluding hydrogens is 829 g/mol. The molecule has 0 N–H and O–H groups in total. The predicted octanol–water partition coefficient (Wildman–Crippen LogP) is 19.9. The first-order chi connectivity index (χ1) is 33.0. The van der Waals surface area contributed by atoms with E-state index in [0.29, 0.717) is 19.3 Å². The van der Waals surface area contributed by atoms with Gasteiger partial charge in [0.05, 0.1) is 0 Å². The van der Waals surface area contributed by atoms with E-state index < -0.39 is 6.10 Å². The molecule has 0 atom stereocenters. The van der Waals surface area contributed by atoms with Crippen molar-refractivity contribution in [1.29, 1.82) is 0 Å². The third kappa shape index (κ3) is 54.7. The normalized spacial score (nSPS) is 11.7. The number of hydrogen-bond acceptors (Lipinski definition) is 6. The SMILES string of the molecule is CCCCC/C=C\C/C=C\CCCCCCCCCCCC(=O)OC(COC(=O)CCCCCCCCCCCCCCCCC)COC(=O)CCCCCCCCCCCCCCCCC. The second-order valence-electron chi connectivity index (χ2n) is 20.3. The molecule has 0 aromatic rings. The number of unbranched alkanes of at least 4 members (excludes halogenated alkanes) is 40. The molecule has 0 aromatic heterocycles. The van der Waals surface area contributed by atoms with Crippen LogP contribution in [0.5, 0.6) is 0 Å². The summed E-state index contributed by atoms with van der Waals surface area (Å²) in [5.74, 6) is -0.847. The molecule has 0 saturated carbocycles. The first-order valence-corrected chi connectivity index (χ1v) is 29.8. The van der Waals surface area contributed by atoms with Crippen LogP contribution in [0.3, 0.4) is 0 Å². The van der Waals surface area contributed by atoms with E-state index in [1.54, 1.807) is 0 Å². The Balaban J connectivity index is 4.32. The van der Waals surface area contributed by atoms with Gasteiger partial charge in [0.1, 0.15) is 13.2 Å². The van der Waals surface area contributed by atoms with E-state index >= 15 is 0 Å². The molecule has 0 spiro atoms. The predicted molar refractivity (Wildman–Crippen MR) is 289 cm³/mol. The van der Waals surface area contributed by atoms with E-state index in [1.807, 2.05) is 0 Å². The molecule has 0 aliphatic rings. The van der Waals surface area contributed by atoms with Gasteiger partial charge in [-0.25, -0.2) is 0 Å². The van der Waals surface area contributed by atoms with Gasteiger partial charge in [-0.05, 0) is 51.4 Å². The highest BCUT2D eigenvalue weighted by Crippen LogP contribution is 2.17. The average Bonchev–Trinajstić information content (AvgIpc) is 3.33. The molecule has 0 bridgehead atoms. The van der Waals surface area contributed by atoms with Crippen LogP contribution in [0.15, 0.2) is 24.3 Å². The van der Waals surface area contributed by atoms with Crippen molar-refractivity contribution in [3.63, 3.8) is 0 Å². The van der Waals surface area contributed by atoms with Crippen molar-refractivity contribution in [2.24, 2.45) is 0 Å². The van der Waals surface area contributed by atoms with Gasteiger partial charge in [-0.3, -0.25) is 14.4 Å². The molecular formula is C61H114O6.